The number of rotatable bonds is 6. The lowest BCUT2D eigenvalue weighted by Gasteiger charge is -2.12. The Morgan fingerprint density at radius 2 is 1.74 bits per heavy atom. The zero-order valence-electron chi connectivity index (χ0n) is 18.5. The Morgan fingerprint density at radius 1 is 0.941 bits per heavy atom. The van der Waals surface area contributed by atoms with Crippen LogP contribution in [0.5, 0.6) is 5.75 Å². The molecule has 0 radical (unpaired) electrons. The van der Waals surface area contributed by atoms with E-state index in [4.69, 9.17) is 4.74 Å². The molecule has 4 rings (SSSR count). The number of carbonyl (C=O) groups is 2. The van der Waals surface area contributed by atoms with Crippen LogP contribution in [0.3, 0.4) is 0 Å². The van der Waals surface area contributed by atoms with Crippen molar-refractivity contribution in [2.24, 2.45) is 0 Å². The molecular formula is C28H22N2O3S. The molecule has 0 aliphatic carbocycles. The third kappa shape index (κ3) is 5.91. The first-order valence-electron chi connectivity index (χ1n) is 10.6. The number of nitrogens with one attached hydrogen (secondary N) is 2. The lowest BCUT2D eigenvalue weighted by Crippen LogP contribution is -2.23. The topological polar surface area (TPSA) is 67.4 Å². The molecule has 2 N–H and O–H groups in total. The standard InChI is InChI=1S/C28H22N2O3S/c1-33-25-15-14-24(30-27(31)16-9-20-6-3-2-4-7-20)18-23(25)19-29-28(32)22-12-10-21(11-13-22)26-8-5-17-34-26/h2-8,10-15,17-18H,19H2,1H3,(H,29,32)(H,30,31). The number of amides is 2. The molecule has 3 aromatic carbocycles. The van der Waals surface area contributed by atoms with Crippen LogP contribution in [0, 0.1) is 11.8 Å². The van der Waals surface area contributed by atoms with Gasteiger partial charge in [-0.15, -0.1) is 11.3 Å². The molecule has 0 aliphatic rings. The maximum absolute atomic E-state index is 12.7. The highest BCUT2D eigenvalue weighted by Crippen LogP contribution is 2.25. The Hall–Kier alpha value is -4.34. The summed E-state index contributed by atoms with van der Waals surface area (Å²) in [6.07, 6.45) is 0. The molecule has 0 spiro atoms. The SMILES string of the molecule is COc1ccc(NC(=O)C#Cc2ccccc2)cc1CNC(=O)c1ccc(-c2cccs2)cc1. The fourth-order valence-electron chi connectivity index (χ4n) is 3.31. The van der Waals surface area contributed by atoms with Gasteiger partial charge >= 0.3 is 5.91 Å². The number of hydrogen-bond donors (Lipinski definition) is 2. The van der Waals surface area contributed by atoms with Crippen LogP contribution in [-0.4, -0.2) is 18.9 Å². The van der Waals surface area contributed by atoms with Crippen LogP contribution in [0.4, 0.5) is 5.69 Å². The summed E-state index contributed by atoms with van der Waals surface area (Å²) >= 11 is 1.66. The van der Waals surface area contributed by atoms with Gasteiger partial charge in [0.15, 0.2) is 0 Å². The Balaban J connectivity index is 1.40. The van der Waals surface area contributed by atoms with Crippen LogP contribution in [0.25, 0.3) is 10.4 Å². The molecule has 6 heteroatoms. The summed E-state index contributed by atoms with van der Waals surface area (Å²) in [5.74, 6) is 5.41. The number of methoxy groups -OCH3 is 1. The molecule has 0 unspecified atom stereocenters. The predicted octanol–water partition coefficient (Wildman–Crippen LogP) is 5.34. The van der Waals surface area contributed by atoms with E-state index in [1.807, 2.05) is 72.1 Å². The zero-order chi connectivity index (χ0) is 23.8. The van der Waals surface area contributed by atoms with Crippen LogP contribution < -0.4 is 15.4 Å². The van der Waals surface area contributed by atoms with E-state index in [1.165, 1.54) is 0 Å². The van der Waals surface area contributed by atoms with Crippen molar-refractivity contribution in [3.63, 3.8) is 0 Å². The summed E-state index contributed by atoms with van der Waals surface area (Å²) in [6, 6.07) is 26.1. The van der Waals surface area contributed by atoms with Crippen molar-refractivity contribution in [3.8, 4) is 28.0 Å². The highest BCUT2D eigenvalue weighted by Gasteiger charge is 2.10. The average molecular weight is 467 g/mol. The van der Waals surface area contributed by atoms with Gasteiger partial charge in [0.05, 0.1) is 7.11 Å². The third-order valence-electron chi connectivity index (χ3n) is 5.02. The minimum atomic E-state index is -0.421. The summed E-state index contributed by atoms with van der Waals surface area (Å²) in [5.41, 5.74) is 3.71. The van der Waals surface area contributed by atoms with Crippen molar-refractivity contribution in [1.29, 1.82) is 0 Å². The zero-order valence-corrected chi connectivity index (χ0v) is 19.3. The lowest BCUT2D eigenvalue weighted by atomic mass is 10.1. The highest BCUT2D eigenvalue weighted by molar-refractivity contribution is 7.13. The van der Waals surface area contributed by atoms with E-state index < -0.39 is 5.91 Å². The fraction of sp³-hybridized carbons (Fsp3) is 0.0714. The normalized spacial score (nSPS) is 10.0. The Morgan fingerprint density at radius 3 is 2.44 bits per heavy atom. The molecule has 0 fully saturated rings. The first-order valence-corrected chi connectivity index (χ1v) is 11.5. The van der Waals surface area contributed by atoms with Gasteiger partial charge < -0.3 is 15.4 Å². The Bertz CT molecular complexity index is 1340. The average Bonchev–Trinajstić information content (AvgIpc) is 3.42. The highest BCUT2D eigenvalue weighted by atomic mass is 32.1. The molecule has 0 aliphatic heterocycles. The monoisotopic (exact) mass is 466 g/mol. The van der Waals surface area contributed by atoms with E-state index in [1.54, 1.807) is 36.6 Å². The van der Waals surface area contributed by atoms with E-state index in [0.29, 0.717) is 17.0 Å². The van der Waals surface area contributed by atoms with Crippen LogP contribution in [-0.2, 0) is 11.3 Å². The van der Waals surface area contributed by atoms with Crippen LogP contribution >= 0.6 is 11.3 Å². The number of ether oxygens (including phenoxy) is 1. The molecule has 168 valence electrons. The van der Waals surface area contributed by atoms with Crippen LogP contribution in [0.15, 0.2) is 90.3 Å². The van der Waals surface area contributed by atoms with E-state index in [9.17, 15) is 9.59 Å². The smallest absolute Gasteiger partial charge is 0.300 e. The molecule has 5 nitrogen and oxygen atoms in total. The first-order chi connectivity index (χ1) is 16.6. The van der Waals surface area contributed by atoms with Gasteiger partial charge in [0.25, 0.3) is 5.91 Å². The van der Waals surface area contributed by atoms with E-state index in [0.717, 1.165) is 21.6 Å². The van der Waals surface area contributed by atoms with E-state index in [2.05, 4.69) is 22.5 Å². The van der Waals surface area contributed by atoms with Crippen molar-refractivity contribution in [3.05, 3.63) is 107 Å². The largest absolute Gasteiger partial charge is 0.496 e. The quantitative estimate of drug-likeness (QED) is 0.377. The van der Waals surface area contributed by atoms with Crippen molar-refractivity contribution in [1.82, 2.24) is 5.32 Å². The van der Waals surface area contributed by atoms with Crippen molar-refractivity contribution in [2.45, 2.75) is 6.54 Å². The maximum atomic E-state index is 12.7. The van der Waals surface area contributed by atoms with Gasteiger partial charge in [-0.25, -0.2) is 0 Å². The molecule has 0 atom stereocenters. The molecule has 0 saturated heterocycles. The summed E-state index contributed by atoms with van der Waals surface area (Å²) in [7, 11) is 1.56. The second-order valence-corrected chi connectivity index (χ2v) is 8.28. The Kier molecular flexibility index (Phi) is 7.39. The maximum Gasteiger partial charge on any atom is 0.300 e. The van der Waals surface area contributed by atoms with Gasteiger partial charge in [0.1, 0.15) is 5.75 Å². The minimum Gasteiger partial charge on any atom is -0.496 e. The molecule has 2 amide bonds. The number of benzene rings is 3. The van der Waals surface area contributed by atoms with Gasteiger partial charge in [-0.1, -0.05) is 42.3 Å². The summed E-state index contributed by atoms with van der Waals surface area (Å²) in [6.45, 7) is 0.244. The van der Waals surface area contributed by atoms with Crippen LogP contribution in [0.2, 0.25) is 0 Å². The molecule has 0 saturated carbocycles. The molecule has 1 aromatic heterocycles. The number of carbonyl (C=O) groups excluding carboxylic acids is 2. The molecule has 0 bridgehead atoms. The van der Waals surface area contributed by atoms with E-state index in [-0.39, 0.29) is 12.5 Å². The molecule has 34 heavy (non-hydrogen) atoms. The molecule has 1 heterocycles. The minimum absolute atomic E-state index is 0.192. The Labute approximate surface area is 202 Å². The number of hydrogen-bond acceptors (Lipinski definition) is 4. The van der Waals surface area contributed by atoms with Crippen molar-refractivity contribution in [2.75, 3.05) is 12.4 Å². The van der Waals surface area contributed by atoms with Crippen molar-refractivity contribution >= 4 is 28.8 Å². The second-order valence-electron chi connectivity index (χ2n) is 7.33. The van der Waals surface area contributed by atoms with Gasteiger partial charge in [0.2, 0.25) is 0 Å². The molecular weight excluding hydrogens is 444 g/mol. The number of anilines is 1. The summed E-state index contributed by atoms with van der Waals surface area (Å²) in [5, 5.41) is 7.70. The molecule has 4 aromatic rings. The van der Waals surface area contributed by atoms with Crippen LogP contribution in [0.1, 0.15) is 21.5 Å². The summed E-state index contributed by atoms with van der Waals surface area (Å²) < 4.78 is 5.41. The lowest BCUT2D eigenvalue weighted by molar-refractivity contribution is -0.111. The first kappa shape index (κ1) is 22.8. The van der Waals surface area contributed by atoms with Crippen molar-refractivity contribution < 1.29 is 14.3 Å². The van der Waals surface area contributed by atoms with Gasteiger partial charge in [0, 0.05) is 39.7 Å². The van der Waals surface area contributed by atoms with Gasteiger partial charge in [-0.2, -0.15) is 0 Å². The van der Waals surface area contributed by atoms with Gasteiger partial charge in [-0.05, 0) is 59.5 Å². The van der Waals surface area contributed by atoms with E-state index >= 15 is 0 Å². The number of thiophene rings is 1. The van der Waals surface area contributed by atoms with Gasteiger partial charge in [-0.3, -0.25) is 9.59 Å². The third-order valence-corrected chi connectivity index (χ3v) is 5.94. The second kappa shape index (κ2) is 11.0. The summed E-state index contributed by atoms with van der Waals surface area (Å²) in [4.78, 5) is 26.0. The fourth-order valence-corrected chi connectivity index (χ4v) is 4.05. The predicted molar refractivity (Wildman–Crippen MR) is 136 cm³/mol.